The Kier molecular flexibility index (Phi) is 4.21. The molecule has 0 aromatic heterocycles. The van der Waals surface area contributed by atoms with Crippen molar-refractivity contribution in [2.24, 2.45) is 0 Å². The van der Waals surface area contributed by atoms with Crippen molar-refractivity contribution >= 4 is 21.9 Å². The first kappa shape index (κ1) is 13.1. The molecule has 1 aliphatic heterocycles. The average molecular weight is 223 g/mol. The van der Waals surface area contributed by atoms with E-state index < -0.39 is 21.9 Å². The van der Waals surface area contributed by atoms with Gasteiger partial charge in [-0.15, -0.1) is 9.35 Å². The molecule has 0 bridgehead atoms. The first-order valence-electron chi connectivity index (χ1n) is 3.65. The van der Waals surface area contributed by atoms with E-state index in [9.17, 15) is 18.0 Å². The predicted molar refractivity (Wildman–Crippen MR) is 48.4 cm³/mol. The number of imide groups is 1. The summed E-state index contributed by atoms with van der Waals surface area (Å²) in [5.74, 6) is -1.22. The molecule has 0 radical (unpaired) electrons. The van der Waals surface area contributed by atoms with Crippen molar-refractivity contribution in [1.82, 2.24) is 5.06 Å². The van der Waals surface area contributed by atoms with Gasteiger partial charge in [0.2, 0.25) is 0 Å². The lowest BCUT2D eigenvalue weighted by molar-refractivity contribution is -0.174. The maximum absolute atomic E-state index is 11.0. The highest BCUT2D eigenvalue weighted by Gasteiger charge is 2.29. The van der Waals surface area contributed by atoms with Crippen LogP contribution in [0.2, 0.25) is 0 Å². The zero-order chi connectivity index (χ0) is 10.1. The minimum absolute atomic E-state index is 0. The summed E-state index contributed by atoms with van der Waals surface area (Å²) in [5.41, 5.74) is 0. The van der Waals surface area contributed by atoms with Crippen LogP contribution in [-0.2, 0) is 24.0 Å². The summed E-state index contributed by atoms with van der Waals surface area (Å²) in [7, 11) is -3.81. The van der Waals surface area contributed by atoms with Gasteiger partial charge in [-0.3, -0.25) is 9.59 Å². The van der Waals surface area contributed by atoms with E-state index in [0.29, 0.717) is 11.5 Å². The average Bonchev–Trinajstić information content (AvgIpc) is 1.95. The molecule has 0 aliphatic carbocycles. The van der Waals surface area contributed by atoms with E-state index >= 15 is 0 Å². The first-order valence-corrected chi connectivity index (χ1v) is 5.47. The van der Waals surface area contributed by atoms with Gasteiger partial charge in [-0.05, 0) is 6.42 Å². The van der Waals surface area contributed by atoms with Gasteiger partial charge in [0.25, 0.3) is 21.9 Å². The fourth-order valence-corrected chi connectivity index (χ4v) is 1.39. The van der Waals surface area contributed by atoms with Crippen LogP contribution in [0, 0.1) is 0 Å². The molecule has 0 saturated carbocycles. The molecule has 1 heterocycles. The summed E-state index contributed by atoms with van der Waals surface area (Å²) >= 11 is 0. The molecule has 14 heavy (non-hydrogen) atoms. The van der Waals surface area contributed by atoms with Crippen LogP contribution < -0.4 is 0 Å². The third kappa shape index (κ3) is 3.43. The van der Waals surface area contributed by atoms with Gasteiger partial charge in [0.15, 0.2) is 0 Å². The van der Waals surface area contributed by atoms with Crippen molar-refractivity contribution < 1.29 is 22.3 Å². The number of carbonyl (C=O) groups is 2. The Morgan fingerprint density at radius 3 is 2.00 bits per heavy atom. The van der Waals surface area contributed by atoms with Crippen molar-refractivity contribution in [1.29, 1.82) is 0 Å². The van der Waals surface area contributed by atoms with Crippen LogP contribution in [0.5, 0.6) is 0 Å². The SMILES string of the molecule is C.CS(=O)(=O)ON1C(=O)CCCC1=O. The summed E-state index contributed by atoms with van der Waals surface area (Å²) in [6.45, 7) is 0. The van der Waals surface area contributed by atoms with Gasteiger partial charge in [-0.25, -0.2) is 0 Å². The van der Waals surface area contributed by atoms with Gasteiger partial charge in [0, 0.05) is 12.8 Å². The topological polar surface area (TPSA) is 80.8 Å². The number of piperidine rings is 1. The quantitative estimate of drug-likeness (QED) is 0.618. The number of rotatable bonds is 2. The van der Waals surface area contributed by atoms with E-state index in [1.807, 2.05) is 0 Å². The third-order valence-electron chi connectivity index (χ3n) is 1.44. The van der Waals surface area contributed by atoms with Crippen LogP contribution in [0.25, 0.3) is 0 Å². The van der Waals surface area contributed by atoms with E-state index in [1.54, 1.807) is 0 Å². The molecule has 0 unspecified atom stereocenters. The number of nitrogens with zero attached hydrogens (tertiary/aromatic N) is 1. The molecule has 6 nitrogen and oxygen atoms in total. The molecule has 1 rings (SSSR count). The first-order chi connectivity index (χ1) is 5.90. The molecule has 1 saturated heterocycles. The fourth-order valence-electron chi connectivity index (χ4n) is 0.952. The Balaban J connectivity index is 0.00000169. The molecule has 0 spiro atoms. The van der Waals surface area contributed by atoms with Crippen LogP contribution in [0.15, 0.2) is 0 Å². The van der Waals surface area contributed by atoms with Gasteiger partial charge in [-0.2, -0.15) is 8.42 Å². The molecule has 0 atom stereocenters. The van der Waals surface area contributed by atoms with E-state index in [0.717, 1.165) is 6.26 Å². The van der Waals surface area contributed by atoms with Crippen molar-refractivity contribution in [3.05, 3.63) is 0 Å². The highest BCUT2D eigenvalue weighted by Crippen LogP contribution is 2.13. The number of hydrogen-bond donors (Lipinski definition) is 0. The minimum Gasteiger partial charge on any atom is -0.272 e. The van der Waals surface area contributed by atoms with Crippen molar-refractivity contribution in [3.8, 4) is 0 Å². The largest absolute Gasteiger partial charge is 0.285 e. The number of carbonyl (C=O) groups excluding carboxylic acids is 2. The van der Waals surface area contributed by atoms with Crippen molar-refractivity contribution in [3.63, 3.8) is 0 Å². The van der Waals surface area contributed by atoms with Crippen molar-refractivity contribution in [2.75, 3.05) is 6.26 Å². The van der Waals surface area contributed by atoms with Gasteiger partial charge in [0.1, 0.15) is 0 Å². The zero-order valence-corrected chi connectivity index (χ0v) is 7.83. The van der Waals surface area contributed by atoms with E-state index in [1.165, 1.54) is 0 Å². The number of amides is 2. The Morgan fingerprint density at radius 1 is 1.21 bits per heavy atom. The van der Waals surface area contributed by atoms with Crippen LogP contribution in [0.3, 0.4) is 0 Å². The lowest BCUT2D eigenvalue weighted by Gasteiger charge is -2.21. The normalized spacial score (nSPS) is 17.9. The standard InChI is InChI=1S/C6H9NO5S.CH4/c1-13(10,11)12-7-5(8)3-2-4-6(7)9;/h2-4H2,1H3;1H4. The molecule has 2 amide bonds. The Labute approximate surface area is 82.9 Å². The molecular weight excluding hydrogens is 210 g/mol. The monoisotopic (exact) mass is 223 g/mol. The maximum Gasteiger partial charge on any atom is 0.285 e. The predicted octanol–water partition coefficient (Wildman–Crippen LogP) is 0.0528. The molecule has 82 valence electrons. The summed E-state index contributed by atoms with van der Waals surface area (Å²) in [6, 6.07) is 0. The van der Waals surface area contributed by atoms with Crippen LogP contribution in [-0.4, -0.2) is 31.6 Å². The van der Waals surface area contributed by atoms with E-state index in [-0.39, 0.29) is 20.3 Å². The Bertz CT molecular complexity index is 318. The van der Waals surface area contributed by atoms with Gasteiger partial charge in [-0.1, -0.05) is 7.43 Å². The zero-order valence-electron chi connectivity index (χ0n) is 7.02. The lowest BCUT2D eigenvalue weighted by atomic mass is 10.1. The second kappa shape index (κ2) is 4.52. The Morgan fingerprint density at radius 2 is 1.64 bits per heavy atom. The fraction of sp³-hybridized carbons (Fsp3) is 0.714. The van der Waals surface area contributed by atoms with Gasteiger partial charge >= 0.3 is 0 Å². The summed E-state index contributed by atoms with van der Waals surface area (Å²) < 4.78 is 25.5. The second-order valence-corrected chi connectivity index (χ2v) is 4.27. The number of hydrogen-bond acceptors (Lipinski definition) is 5. The van der Waals surface area contributed by atoms with E-state index in [4.69, 9.17) is 0 Å². The number of hydroxylamine groups is 2. The summed E-state index contributed by atoms with van der Waals surface area (Å²) in [5, 5.41) is 0.318. The summed E-state index contributed by atoms with van der Waals surface area (Å²) in [6.07, 6.45) is 1.51. The smallest absolute Gasteiger partial charge is 0.272 e. The second-order valence-electron chi connectivity index (χ2n) is 2.71. The van der Waals surface area contributed by atoms with Crippen LogP contribution >= 0.6 is 0 Å². The molecule has 0 aromatic rings. The maximum atomic E-state index is 11.0. The highest BCUT2D eigenvalue weighted by atomic mass is 32.2. The molecular formula is C7H13NO5S. The minimum atomic E-state index is -3.81. The third-order valence-corrected chi connectivity index (χ3v) is 1.86. The summed E-state index contributed by atoms with van der Waals surface area (Å²) in [4.78, 5) is 22.0. The molecule has 1 fully saturated rings. The van der Waals surface area contributed by atoms with E-state index in [2.05, 4.69) is 4.28 Å². The van der Waals surface area contributed by atoms with Gasteiger partial charge in [0.05, 0.1) is 6.26 Å². The molecule has 1 aliphatic rings. The van der Waals surface area contributed by atoms with Crippen LogP contribution in [0.1, 0.15) is 26.7 Å². The van der Waals surface area contributed by atoms with Crippen LogP contribution in [0.4, 0.5) is 0 Å². The molecule has 7 heteroatoms. The highest BCUT2D eigenvalue weighted by molar-refractivity contribution is 7.85. The molecule has 0 N–H and O–H groups in total. The lowest BCUT2D eigenvalue weighted by Crippen LogP contribution is -2.41. The molecule has 0 aromatic carbocycles. The van der Waals surface area contributed by atoms with Gasteiger partial charge < -0.3 is 0 Å². The van der Waals surface area contributed by atoms with Crippen molar-refractivity contribution in [2.45, 2.75) is 26.7 Å². The Hall–Kier alpha value is -0.950.